The Morgan fingerprint density at radius 1 is 1.39 bits per heavy atom. The quantitative estimate of drug-likeness (QED) is 0.875. The van der Waals surface area contributed by atoms with Crippen LogP contribution in [0, 0.1) is 5.92 Å². The number of benzene rings is 1. The number of hydrogen-bond donors (Lipinski definition) is 2. The van der Waals surface area contributed by atoms with Gasteiger partial charge in [0.25, 0.3) is 0 Å². The number of carbonyl (C=O) groups is 1. The van der Waals surface area contributed by atoms with Crippen LogP contribution in [0.25, 0.3) is 0 Å². The lowest BCUT2D eigenvalue weighted by molar-refractivity contribution is -0.0406. The molecule has 1 aliphatic rings. The maximum Gasteiger partial charge on any atom is 0.318 e. The second kappa shape index (κ2) is 8.31. The summed E-state index contributed by atoms with van der Waals surface area (Å²) in [7, 11) is 0. The van der Waals surface area contributed by atoms with Gasteiger partial charge in [0.15, 0.2) is 0 Å². The summed E-state index contributed by atoms with van der Waals surface area (Å²) in [5.74, 6) is 0.293. The van der Waals surface area contributed by atoms with Crippen LogP contribution in [0.4, 0.5) is 4.79 Å². The lowest BCUT2D eigenvalue weighted by atomic mass is 9.95. The van der Waals surface area contributed by atoms with E-state index in [4.69, 9.17) is 4.74 Å². The average Bonchev–Trinajstić information content (AvgIpc) is 2.59. The number of morpholine rings is 1. The minimum Gasteiger partial charge on any atom is -0.394 e. The van der Waals surface area contributed by atoms with Crippen LogP contribution in [-0.2, 0) is 11.2 Å². The van der Waals surface area contributed by atoms with Crippen molar-refractivity contribution in [2.24, 2.45) is 5.92 Å². The Morgan fingerprint density at radius 2 is 2.09 bits per heavy atom. The first kappa shape index (κ1) is 17.8. The van der Waals surface area contributed by atoms with Gasteiger partial charge in [-0.05, 0) is 23.5 Å². The smallest absolute Gasteiger partial charge is 0.318 e. The number of rotatable bonds is 5. The molecule has 1 saturated heterocycles. The van der Waals surface area contributed by atoms with E-state index in [1.807, 2.05) is 0 Å². The van der Waals surface area contributed by atoms with E-state index in [1.165, 1.54) is 5.56 Å². The number of ether oxygens (including phenoxy) is 1. The number of aliphatic hydroxyl groups is 1. The Balaban J connectivity index is 2.04. The zero-order chi connectivity index (χ0) is 16.8. The van der Waals surface area contributed by atoms with Crippen LogP contribution >= 0.6 is 0 Å². The molecule has 0 unspecified atom stereocenters. The first-order valence-corrected chi connectivity index (χ1v) is 8.41. The van der Waals surface area contributed by atoms with E-state index in [1.54, 1.807) is 4.90 Å². The fourth-order valence-electron chi connectivity index (χ4n) is 2.83. The van der Waals surface area contributed by atoms with E-state index < -0.39 is 0 Å². The Hall–Kier alpha value is -1.59. The number of nitrogens with zero attached hydrogens (tertiary/aromatic N) is 1. The SMILES string of the molecule is CCc1ccc([C@@H](NC(=O)N2CCO[C@H](CO)C2)C(C)C)cc1. The molecule has 2 amide bonds. The van der Waals surface area contributed by atoms with Crippen LogP contribution in [0.2, 0.25) is 0 Å². The zero-order valence-electron chi connectivity index (χ0n) is 14.3. The van der Waals surface area contributed by atoms with Crippen molar-refractivity contribution < 1.29 is 14.6 Å². The Kier molecular flexibility index (Phi) is 6.42. The number of urea groups is 1. The molecule has 1 aromatic carbocycles. The Labute approximate surface area is 138 Å². The third-order valence-corrected chi connectivity index (χ3v) is 4.32. The van der Waals surface area contributed by atoms with Crippen LogP contribution in [0.1, 0.15) is 37.9 Å². The lowest BCUT2D eigenvalue weighted by Crippen LogP contribution is -2.51. The Bertz CT molecular complexity index is 501. The number of aryl methyl sites for hydroxylation is 1. The fourth-order valence-corrected chi connectivity index (χ4v) is 2.83. The molecule has 5 nitrogen and oxygen atoms in total. The van der Waals surface area contributed by atoms with Crippen LogP contribution in [0.15, 0.2) is 24.3 Å². The fraction of sp³-hybridized carbons (Fsp3) is 0.611. The van der Waals surface area contributed by atoms with Crippen molar-refractivity contribution >= 4 is 6.03 Å². The molecule has 0 aromatic heterocycles. The second-order valence-corrected chi connectivity index (χ2v) is 6.39. The summed E-state index contributed by atoms with van der Waals surface area (Å²) >= 11 is 0. The van der Waals surface area contributed by atoms with Crippen molar-refractivity contribution in [1.82, 2.24) is 10.2 Å². The molecule has 23 heavy (non-hydrogen) atoms. The van der Waals surface area contributed by atoms with Crippen LogP contribution < -0.4 is 5.32 Å². The predicted molar refractivity (Wildman–Crippen MR) is 90.3 cm³/mol. The van der Waals surface area contributed by atoms with Crippen molar-refractivity contribution in [2.75, 3.05) is 26.3 Å². The summed E-state index contributed by atoms with van der Waals surface area (Å²) in [5, 5.41) is 12.3. The molecule has 1 aliphatic heterocycles. The molecule has 1 aromatic rings. The first-order chi connectivity index (χ1) is 11.0. The highest BCUT2D eigenvalue weighted by molar-refractivity contribution is 5.75. The van der Waals surface area contributed by atoms with Crippen molar-refractivity contribution in [3.63, 3.8) is 0 Å². The number of amides is 2. The molecular weight excluding hydrogens is 292 g/mol. The monoisotopic (exact) mass is 320 g/mol. The number of carbonyl (C=O) groups excluding carboxylic acids is 1. The minimum atomic E-state index is -0.282. The predicted octanol–water partition coefficient (Wildman–Crippen LogP) is 2.35. The first-order valence-electron chi connectivity index (χ1n) is 8.41. The number of hydrogen-bond acceptors (Lipinski definition) is 3. The zero-order valence-corrected chi connectivity index (χ0v) is 14.3. The van der Waals surface area contributed by atoms with E-state index >= 15 is 0 Å². The van der Waals surface area contributed by atoms with E-state index in [2.05, 4.69) is 50.4 Å². The van der Waals surface area contributed by atoms with Crippen molar-refractivity contribution in [3.05, 3.63) is 35.4 Å². The molecular formula is C18H28N2O3. The van der Waals surface area contributed by atoms with Gasteiger partial charge in [-0.2, -0.15) is 0 Å². The third kappa shape index (κ3) is 4.69. The molecule has 2 rings (SSSR count). The van der Waals surface area contributed by atoms with Crippen LogP contribution in [0.5, 0.6) is 0 Å². The summed E-state index contributed by atoms with van der Waals surface area (Å²) in [5.41, 5.74) is 2.42. The average molecular weight is 320 g/mol. The van der Waals surface area contributed by atoms with E-state index in [9.17, 15) is 9.90 Å². The van der Waals surface area contributed by atoms with E-state index in [0.717, 1.165) is 12.0 Å². The van der Waals surface area contributed by atoms with Crippen molar-refractivity contribution in [3.8, 4) is 0 Å². The summed E-state index contributed by atoms with van der Waals surface area (Å²) in [6, 6.07) is 8.31. The third-order valence-electron chi connectivity index (χ3n) is 4.32. The molecule has 2 N–H and O–H groups in total. The van der Waals surface area contributed by atoms with E-state index in [0.29, 0.717) is 25.6 Å². The van der Waals surface area contributed by atoms with Crippen LogP contribution in [-0.4, -0.2) is 48.4 Å². The van der Waals surface area contributed by atoms with Gasteiger partial charge in [0.1, 0.15) is 0 Å². The van der Waals surface area contributed by atoms with Gasteiger partial charge < -0.3 is 20.1 Å². The largest absolute Gasteiger partial charge is 0.394 e. The van der Waals surface area contributed by atoms with E-state index in [-0.39, 0.29) is 24.8 Å². The second-order valence-electron chi connectivity index (χ2n) is 6.39. The number of nitrogens with one attached hydrogen (secondary N) is 1. The summed E-state index contributed by atoms with van der Waals surface area (Å²) < 4.78 is 5.40. The molecule has 0 radical (unpaired) electrons. The Morgan fingerprint density at radius 3 is 2.65 bits per heavy atom. The van der Waals surface area contributed by atoms with Gasteiger partial charge in [-0.1, -0.05) is 45.0 Å². The van der Waals surface area contributed by atoms with Gasteiger partial charge in [0.2, 0.25) is 0 Å². The summed E-state index contributed by atoms with van der Waals surface area (Å²) in [6.45, 7) is 7.74. The molecule has 5 heteroatoms. The van der Waals surface area contributed by atoms with Gasteiger partial charge in [0.05, 0.1) is 31.9 Å². The summed E-state index contributed by atoms with van der Waals surface area (Å²) in [4.78, 5) is 14.3. The van der Waals surface area contributed by atoms with Gasteiger partial charge in [0, 0.05) is 6.54 Å². The molecule has 1 fully saturated rings. The van der Waals surface area contributed by atoms with Crippen molar-refractivity contribution in [1.29, 1.82) is 0 Å². The van der Waals surface area contributed by atoms with Gasteiger partial charge in [-0.25, -0.2) is 4.79 Å². The van der Waals surface area contributed by atoms with Gasteiger partial charge in [-0.15, -0.1) is 0 Å². The minimum absolute atomic E-state index is 0.0242. The molecule has 0 spiro atoms. The highest BCUT2D eigenvalue weighted by Gasteiger charge is 2.26. The maximum atomic E-state index is 12.5. The highest BCUT2D eigenvalue weighted by Crippen LogP contribution is 2.23. The standard InChI is InChI=1S/C18H28N2O3/c1-4-14-5-7-15(8-6-14)17(13(2)3)19-18(22)20-9-10-23-16(11-20)12-21/h5-8,13,16-17,21H,4,9-12H2,1-3H3,(H,19,22)/t16-,17-/m0/s1. The highest BCUT2D eigenvalue weighted by atomic mass is 16.5. The summed E-state index contributed by atoms with van der Waals surface area (Å²) in [6.07, 6.45) is 0.728. The molecule has 2 atom stereocenters. The molecule has 128 valence electrons. The molecule has 0 aliphatic carbocycles. The maximum absolute atomic E-state index is 12.5. The lowest BCUT2D eigenvalue weighted by Gasteiger charge is -2.34. The number of aliphatic hydroxyl groups excluding tert-OH is 1. The van der Waals surface area contributed by atoms with Crippen LogP contribution in [0.3, 0.4) is 0 Å². The molecule has 1 heterocycles. The molecule has 0 saturated carbocycles. The van der Waals surface area contributed by atoms with Crippen molar-refractivity contribution in [2.45, 2.75) is 39.3 Å². The molecule has 0 bridgehead atoms. The van der Waals surface area contributed by atoms with Gasteiger partial charge in [-0.3, -0.25) is 0 Å². The topological polar surface area (TPSA) is 61.8 Å². The van der Waals surface area contributed by atoms with Gasteiger partial charge >= 0.3 is 6.03 Å². The normalized spacial score (nSPS) is 19.7.